The van der Waals surface area contributed by atoms with Crippen molar-refractivity contribution in [3.05, 3.63) is 35.4 Å². The van der Waals surface area contributed by atoms with Gasteiger partial charge in [-0.15, -0.1) is 24.0 Å². The Morgan fingerprint density at radius 1 is 1.39 bits per heavy atom. The second kappa shape index (κ2) is 9.75. The predicted molar refractivity (Wildman–Crippen MR) is 105 cm³/mol. The van der Waals surface area contributed by atoms with Gasteiger partial charge in [-0.1, -0.05) is 19.1 Å². The Kier molecular flexibility index (Phi) is 8.36. The minimum atomic E-state index is -0.0627. The first-order chi connectivity index (χ1) is 10.6. The smallest absolute Gasteiger partial charge is 0.251 e. The van der Waals surface area contributed by atoms with Gasteiger partial charge in [0.15, 0.2) is 5.96 Å². The topological polar surface area (TPSA) is 70.7 Å². The van der Waals surface area contributed by atoms with Crippen molar-refractivity contribution in [2.75, 3.05) is 26.7 Å². The van der Waals surface area contributed by atoms with E-state index in [4.69, 9.17) is 5.73 Å². The molecule has 0 saturated carbocycles. The van der Waals surface area contributed by atoms with Gasteiger partial charge in [-0.25, -0.2) is 0 Å². The van der Waals surface area contributed by atoms with Gasteiger partial charge < -0.3 is 16.0 Å². The van der Waals surface area contributed by atoms with Crippen molar-refractivity contribution in [1.29, 1.82) is 0 Å². The van der Waals surface area contributed by atoms with E-state index in [1.54, 1.807) is 7.05 Å². The zero-order valence-corrected chi connectivity index (χ0v) is 16.2. The van der Waals surface area contributed by atoms with Crippen LogP contribution in [0.3, 0.4) is 0 Å². The quantitative estimate of drug-likeness (QED) is 0.438. The maximum atomic E-state index is 11.6. The molecule has 1 aliphatic heterocycles. The van der Waals surface area contributed by atoms with Crippen LogP contribution in [-0.4, -0.2) is 43.4 Å². The van der Waals surface area contributed by atoms with Gasteiger partial charge >= 0.3 is 0 Å². The third-order valence-electron chi connectivity index (χ3n) is 4.20. The van der Waals surface area contributed by atoms with Crippen LogP contribution in [0.2, 0.25) is 0 Å². The van der Waals surface area contributed by atoms with E-state index in [9.17, 15) is 4.79 Å². The number of halogens is 1. The summed E-state index contributed by atoms with van der Waals surface area (Å²) in [6, 6.07) is 7.64. The fourth-order valence-corrected chi connectivity index (χ4v) is 2.65. The summed E-state index contributed by atoms with van der Waals surface area (Å²) in [4.78, 5) is 18.3. The van der Waals surface area contributed by atoms with Gasteiger partial charge in [0.1, 0.15) is 0 Å². The average Bonchev–Trinajstić information content (AvgIpc) is 2.55. The van der Waals surface area contributed by atoms with Crippen LogP contribution in [0.25, 0.3) is 0 Å². The van der Waals surface area contributed by atoms with Crippen molar-refractivity contribution >= 4 is 35.8 Å². The Balaban J connectivity index is 0.00000264. The first kappa shape index (κ1) is 19.7. The lowest BCUT2D eigenvalue weighted by Crippen LogP contribution is -2.42. The van der Waals surface area contributed by atoms with E-state index in [1.165, 1.54) is 12.8 Å². The van der Waals surface area contributed by atoms with E-state index >= 15 is 0 Å². The number of amides is 1. The number of nitrogens with zero attached hydrogens (tertiary/aromatic N) is 2. The fourth-order valence-electron chi connectivity index (χ4n) is 2.65. The Bertz CT molecular complexity index is 539. The fraction of sp³-hybridized carbons (Fsp3) is 0.529. The molecule has 0 atom stereocenters. The molecule has 0 unspecified atom stereocenters. The maximum Gasteiger partial charge on any atom is 0.251 e. The van der Waals surface area contributed by atoms with E-state index in [1.807, 2.05) is 24.3 Å². The summed E-state index contributed by atoms with van der Waals surface area (Å²) in [5.74, 6) is 1.37. The number of nitrogens with two attached hydrogens (primary N) is 1. The molecule has 5 nitrogen and oxygen atoms in total. The molecule has 1 aromatic rings. The molecule has 0 spiro atoms. The highest BCUT2D eigenvalue weighted by atomic mass is 127. The number of benzene rings is 1. The van der Waals surface area contributed by atoms with Crippen LogP contribution in [0.5, 0.6) is 0 Å². The molecule has 1 amide bonds. The Morgan fingerprint density at radius 2 is 2.09 bits per heavy atom. The van der Waals surface area contributed by atoms with E-state index < -0.39 is 0 Å². The lowest BCUT2D eigenvalue weighted by molar-refractivity contribution is 0.0963. The van der Waals surface area contributed by atoms with Crippen molar-refractivity contribution in [2.24, 2.45) is 16.6 Å². The van der Waals surface area contributed by atoms with Crippen molar-refractivity contribution < 1.29 is 4.79 Å². The zero-order chi connectivity index (χ0) is 15.9. The number of nitrogens with one attached hydrogen (secondary N) is 1. The molecule has 0 aromatic heterocycles. The van der Waals surface area contributed by atoms with Crippen molar-refractivity contribution in [2.45, 2.75) is 26.2 Å². The normalized spacial score (nSPS) is 15.9. The highest BCUT2D eigenvalue weighted by molar-refractivity contribution is 14.0. The first-order valence-electron chi connectivity index (χ1n) is 7.96. The van der Waals surface area contributed by atoms with Crippen LogP contribution in [0.15, 0.2) is 29.3 Å². The molecule has 0 bridgehead atoms. The van der Waals surface area contributed by atoms with Gasteiger partial charge in [0.25, 0.3) is 5.91 Å². The van der Waals surface area contributed by atoms with Crippen LogP contribution >= 0.6 is 24.0 Å². The third kappa shape index (κ3) is 6.01. The Labute approximate surface area is 155 Å². The highest BCUT2D eigenvalue weighted by Gasteiger charge is 2.16. The molecule has 23 heavy (non-hydrogen) atoms. The van der Waals surface area contributed by atoms with Gasteiger partial charge in [0.2, 0.25) is 0 Å². The zero-order valence-electron chi connectivity index (χ0n) is 13.9. The molecule has 128 valence electrons. The Hall–Kier alpha value is -1.31. The number of piperidine rings is 1. The number of carbonyl (C=O) groups excluding carboxylic acids is 1. The SMILES string of the molecule is CNC(=O)c1cccc(CCN=C(N)N2CCC(C)CC2)c1.I. The number of carbonyl (C=O) groups is 1. The number of hydrogen-bond acceptors (Lipinski definition) is 2. The number of hydrogen-bond donors (Lipinski definition) is 2. The summed E-state index contributed by atoms with van der Waals surface area (Å²) in [6.07, 6.45) is 3.16. The van der Waals surface area contributed by atoms with Gasteiger partial charge in [-0.05, 0) is 42.9 Å². The van der Waals surface area contributed by atoms with Crippen LogP contribution in [0.4, 0.5) is 0 Å². The van der Waals surface area contributed by atoms with Gasteiger partial charge in [0, 0.05) is 32.2 Å². The maximum absolute atomic E-state index is 11.6. The summed E-state index contributed by atoms with van der Waals surface area (Å²) < 4.78 is 0. The minimum absolute atomic E-state index is 0. The van der Waals surface area contributed by atoms with Gasteiger partial charge in [-0.2, -0.15) is 0 Å². The van der Waals surface area contributed by atoms with Crippen LogP contribution in [0.1, 0.15) is 35.7 Å². The number of likely N-dealkylation sites (tertiary alicyclic amines) is 1. The van der Waals surface area contributed by atoms with Gasteiger partial charge in [0.05, 0.1) is 0 Å². The van der Waals surface area contributed by atoms with Crippen LogP contribution in [-0.2, 0) is 6.42 Å². The summed E-state index contributed by atoms with van der Waals surface area (Å²) in [6.45, 7) is 4.94. The minimum Gasteiger partial charge on any atom is -0.370 e. The molecule has 1 aliphatic rings. The molecule has 3 N–H and O–H groups in total. The summed E-state index contributed by atoms with van der Waals surface area (Å²) >= 11 is 0. The summed E-state index contributed by atoms with van der Waals surface area (Å²) in [7, 11) is 1.64. The molecule has 1 saturated heterocycles. The van der Waals surface area contributed by atoms with E-state index in [-0.39, 0.29) is 29.9 Å². The highest BCUT2D eigenvalue weighted by Crippen LogP contribution is 2.15. The van der Waals surface area contributed by atoms with Crippen LogP contribution in [0, 0.1) is 5.92 Å². The molecule has 1 aromatic carbocycles. The lowest BCUT2D eigenvalue weighted by Gasteiger charge is -2.31. The van der Waals surface area contributed by atoms with Crippen LogP contribution < -0.4 is 11.1 Å². The lowest BCUT2D eigenvalue weighted by atomic mass is 10.00. The molecule has 1 fully saturated rings. The molecule has 0 aliphatic carbocycles. The van der Waals surface area contributed by atoms with E-state index in [2.05, 4.69) is 22.1 Å². The number of guanidine groups is 1. The largest absolute Gasteiger partial charge is 0.370 e. The predicted octanol–water partition coefficient (Wildman–Crippen LogP) is 2.25. The Morgan fingerprint density at radius 3 is 2.74 bits per heavy atom. The molecular weight excluding hydrogens is 403 g/mol. The second-order valence-electron chi connectivity index (χ2n) is 5.94. The third-order valence-corrected chi connectivity index (χ3v) is 4.20. The first-order valence-corrected chi connectivity index (χ1v) is 7.96. The summed E-state index contributed by atoms with van der Waals surface area (Å²) in [5, 5.41) is 2.64. The van der Waals surface area contributed by atoms with Crippen molar-refractivity contribution in [3.63, 3.8) is 0 Å². The van der Waals surface area contributed by atoms with E-state index in [0.29, 0.717) is 18.1 Å². The van der Waals surface area contributed by atoms with E-state index in [0.717, 1.165) is 31.0 Å². The molecule has 6 heteroatoms. The average molecular weight is 430 g/mol. The standard InChI is InChI=1S/C17H26N4O.HI/c1-13-7-10-21(11-8-13)17(18)20-9-6-14-4-3-5-15(12-14)16(22)19-2;/h3-5,12-13H,6-11H2,1-2H3,(H2,18,20)(H,19,22);1H. The molecular formula is C17H27IN4O. The molecule has 0 radical (unpaired) electrons. The van der Waals surface area contributed by atoms with Gasteiger partial charge in [-0.3, -0.25) is 9.79 Å². The number of rotatable bonds is 4. The molecule has 1 heterocycles. The second-order valence-corrected chi connectivity index (χ2v) is 5.94. The summed E-state index contributed by atoms with van der Waals surface area (Å²) in [5.41, 5.74) is 7.85. The number of aliphatic imine (C=N–C) groups is 1. The van der Waals surface area contributed by atoms with Crippen molar-refractivity contribution in [3.8, 4) is 0 Å². The molecule has 2 rings (SSSR count). The van der Waals surface area contributed by atoms with Crippen molar-refractivity contribution in [1.82, 2.24) is 10.2 Å². The monoisotopic (exact) mass is 430 g/mol.